The van der Waals surface area contributed by atoms with Crippen LogP contribution < -0.4 is 0 Å². The third-order valence-electron chi connectivity index (χ3n) is 4.01. The number of phenols is 2. The first-order chi connectivity index (χ1) is 10.1. The summed E-state index contributed by atoms with van der Waals surface area (Å²) >= 11 is 0. The molecule has 1 amide bonds. The summed E-state index contributed by atoms with van der Waals surface area (Å²) in [5.74, 6) is -0.310. The maximum atomic E-state index is 12.5. The van der Waals surface area contributed by atoms with Gasteiger partial charge < -0.3 is 19.8 Å². The molecule has 0 spiro atoms. The number of para-hydroxylation sites is 1. The zero-order valence-corrected chi connectivity index (χ0v) is 12.4. The van der Waals surface area contributed by atoms with Crippen molar-refractivity contribution in [3.05, 3.63) is 23.8 Å². The van der Waals surface area contributed by atoms with Crippen LogP contribution in [0.3, 0.4) is 0 Å². The molecule has 1 heterocycles. The van der Waals surface area contributed by atoms with Crippen LogP contribution in [-0.4, -0.2) is 47.8 Å². The molecule has 0 aromatic heterocycles. The molecule has 1 aliphatic heterocycles. The minimum absolute atomic E-state index is 0.174. The van der Waals surface area contributed by atoms with Crippen molar-refractivity contribution in [2.45, 2.75) is 25.7 Å². The molecule has 21 heavy (non-hydrogen) atoms. The minimum Gasteiger partial charge on any atom is -0.504 e. The number of likely N-dealkylation sites (tertiary alicyclic amines) is 1. The molecule has 116 valence electrons. The van der Waals surface area contributed by atoms with Crippen molar-refractivity contribution >= 4 is 5.91 Å². The molecule has 1 saturated heterocycles. The number of rotatable bonds is 5. The van der Waals surface area contributed by atoms with Crippen molar-refractivity contribution in [1.82, 2.24) is 4.90 Å². The molecule has 1 aliphatic rings. The lowest BCUT2D eigenvalue weighted by Gasteiger charge is -2.33. The molecule has 2 rings (SSSR count). The summed E-state index contributed by atoms with van der Waals surface area (Å²) in [6.45, 7) is 2.16. The SMILES string of the molecule is COCCCC1CCCN(C(=O)c2cccc(O)c2O)C1. The Bertz CT molecular complexity index is 489. The number of carbonyl (C=O) groups excluding carboxylic acids is 1. The first-order valence-corrected chi connectivity index (χ1v) is 7.42. The largest absolute Gasteiger partial charge is 0.504 e. The summed E-state index contributed by atoms with van der Waals surface area (Å²) in [5.41, 5.74) is 0.174. The molecular weight excluding hydrogens is 270 g/mol. The van der Waals surface area contributed by atoms with Gasteiger partial charge in [-0.2, -0.15) is 0 Å². The van der Waals surface area contributed by atoms with Gasteiger partial charge in [-0.05, 0) is 43.7 Å². The van der Waals surface area contributed by atoms with E-state index in [4.69, 9.17) is 4.74 Å². The molecule has 0 radical (unpaired) electrons. The summed E-state index contributed by atoms with van der Waals surface area (Å²) in [5, 5.41) is 19.3. The third-order valence-corrected chi connectivity index (χ3v) is 4.01. The molecule has 5 nitrogen and oxygen atoms in total. The van der Waals surface area contributed by atoms with E-state index in [0.717, 1.165) is 32.3 Å². The number of phenolic OH excluding ortho intramolecular Hbond substituents is 2. The van der Waals surface area contributed by atoms with Gasteiger partial charge in [-0.25, -0.2) is 0 Å². The van der Waals surface area contributed by atoms with Crippen molar-refractivity contribution in [2.75, 3.05) is 26.8 Å². The van der Waals surface area contributed by atoms with Gasteiger partial charge in [0.1, 0.15) is 0 Å². The lowest BCUT2D eigenvalue weighted by atomic mass is 9.93. The van der Waals surface area contributed by atoms with Gasteiger partial charge in [0, 0.05) is 26.8 Å². The maximum absolute atomic E-state index is 12.5. The molecular formula is C16H23NO4. The Morgan fingerprint density at radius 3 is 3.00 bits per heavy atom. The van der Waals surface area contributed by atoms with Gasteiger partial charge in [-0.3, -0.25) is 4.79 Å². The zero-order chi connectivity index (χ0) is 15.2. The fourth-order valence-corrected chi connectivity index (χ4v) is 2.88. The number of methoxy groups -OCH3 is 1. The fraction of sp³-hybridized carbons (Fsp3) is 0.562. The molecule has 0 bridgehead atoms. The summed E-state index contributed by atoms with van der Waals surface area (Å²) in [6.07, 6.45) is 4.15. The number of ether oxygens (including phenoxy) is 1. The van der Waals surface area contributed by atoms with Gasteiger partial charge in [-0.15, -0.1) is 0 Å². The highest BCUT2D eigenvalue weighted by atomic mass is 16.5. The lowest BCUT2D eigenvalue weighted by molar-refractivity contribution is 0.0657. The van der Waals surface area contributed by atoms with E-state index in [1.807, 2.05) is 0 Å². The Hall–Kier alpha value is -1.75. The fourth-order valence-electron chi connectivity index (χ4n) is 2.88. The minimum atomic E-state index is -0.330. The predicted octanol–water partition coefficient (Wildman–Crippen LogP) is 2.38. The van der Waals surface area contributed by atoms with E-state index in [1.165, 1.54) is 6.07 Å². The number of carbonyl (C=O) groups is 1. The van der Waals surface area contributed by atoms with Crippen LogP contribution in [0.2, 0.25) is 0 Å². The molecule has 0 saturated carbocycles. The Morgan fingerprint density at radius 2 is 2.24 bits per heavy atom. The monoisotopic (exact) mass is 293 g/mol. The van der Waals surface area contributed by atoms with Crippen molar-refractivity contribution in [3.8, 4) is 11.5 Å². The van der Waals surface area contributed by atoms with Gasteiger partial charge in [-0.1, -0.05) is 6.07 Å². The van der Waals surface area contributed by atoms with E-state index < -0.39 is 0 Å². The Balaban J connectivity index is 2.00. The van der Waals surface area contributed by atoms with E-state index >= 15 is 0 Å². The maximum Gasteiger partial charge on any atom is 0.257 e. The van der Waals surface area contributed by atoms with Crippen LogP contribution in [0, 0.1) is 5.92 Å². The van der Waals surface area contributed by atoms with E-state index in [1.54, 1.807) is 24.1 Å². The first kappa shape index (κ1) is 15.6. The average molecular weight is 293 g/mol. The van der Waals surface area contributed by atoms with Crippen molar-refractivity contribution in [1.29, 1.82) is 0 Å². The normalized spacial score (nSPS) is 18.7. The third kappa shape index (κ3) is 3.88. The molecule has 1 atom stereocenters. The second kappa shape index (κ2) is 7.31. The predicted molar refractivity (Wildman–Crippen MR) is 79.5 cm³/mol. The number of nitrogens with zero attached hydrogens (tertiary/aromatic N) is 1. The highest BCUT2D eigenvalue weighted by Gasteiger charge is 2.26. The number of amides is 1. The van der Waals surface area contributed by atoms with Crippen LogP contribution in [0.1, 0.15) is 36.0 Å². The highest BCUT2D eigenvalue weighted by molar-refractivity contribution is 5.97. The number of hydrogen-bond acceptors (Lipinski definition) is 4. The number of hydrogen-bond donors (Lipinski definition) is 2. The van der Waals surface area contributed by atoms with Crippen LogP contribution in [0.15, 0.2) is 18.2 Å². The molecule has 2 N–H and O–H groups in total. The standard InChI is InChI=1S/C16H23NO4/c1-21-10-4-6-12-5-3-9-17(11-12)16(20)13-7-2-8-14(18)15(13)19/h2,7-8,12,18-19H,3-6,9-11H2,1H3. The number of piperidine rings is 1. The van der Waals surface area contributed by atoms with Crippen molar-refractivity contribution in [3.63, 3.8) is 0 Å². The van der Waals surface area contributed by atoms with Crippen molar-refractivity contribution < 1.29 is 19.7 Å². The molecule has 5 heteroatoms. The molecule has 1 aromatic rings. The van der Waals surface area contributed by atoms with Crippen LogP contribution in [0.25, 0.3) is 0 Å². The zero-order valence-electron chi connectivity index (χ0n) is 12.4. The topological polar surface area (TPSA) is 70.0 Å². The smallest absolute Gasteiger partial charge is 0.257 e. The number of aromatic hydroxyl groups is 2. The quantitative estimate of drug-likeness (QED) is 0.646. The molecule has 1 aromatic carbocycles. The van der Waals surface area contributed by atoms with Crippen molar-refractivity contribution in [2.24, 2.45) is 5.92 Å². The lowest BCUT2D eigenvalue weighted by Crippen LogP contribution is -2.40. The average Bonchev–Trinajstić information content (AvgIpc) is 2.50. The Kier molecular flexibility index (Phi) is 5.44. The summed E-state index contributed by atoms with van der Waals surface area (Å²) in [4.78, 5) is 14.3. The number of benzene rings is 1. The Labute approximate surface area is 125 Å². The summed E-state index contributed by atoms with van der Waals surface area (Å²) in [6, 6.07) is 4.49. The van der Waals surface area contributed by atoms with Gasteiger partial charge in [0.05, 0.1) is 5.56 Å². The van der Waals surface area contributed by atoms with Gasteiger partial charge in [0.25, 0.3) is 5.91 Å². The van der Waals surface area contributed by atoms with E-state index in [9.17, 15) is 15.0 Å². The first-order valence-electron chi connectivity index (χ1n) is 7.42. The molecule has 0 aliphatic carbocycles. The van der Waals surface area contributed by atoms with Crippen LogP contribution in [-0.2, 0) is 4.74 Å². The van der Waals surface area contributed by atoms with Gasteiger partial charge in [0.15, 0.2) is 11.5 Å². The summed E-state index contributed by atoms with van der Waals surface area (Å²) in [7, 11) is 1.70. The van der Waals surface area contributed by atoms with E-state index in [-0.39, 0.29) is 23.0 Å². The van der Waals surface area contributed by atoms with Gasteiger partial charge >= 0.3 is 0 Å². The second-order valence-electron chi connectivity index (χ2n) is 5.57. The molecule has 1 unspecified atom stereocenters. The highest BCUT2D eigenvalue weighted by Crippen LogP contribution is 2.30. The Morgan fingerprint density at radius 1 is 1.43 bits per heavy atom. The van der Waals surface area contributed by atoms with Crippen LogP contribution in [0.5, 0.6) is 11.5 Å². The van der Waals surface area contributed by atoms with E-state index in [2.05, 4.69) is 0 Å². The van der Waals surface area contributed by atoms with Crippen LogP contribution >= 0.6 is 0 Å². The van der Waals surface area contributed by atoms with Gasteiger partial charge in [0.2, 0.25) is 0 Å². The van der Waals surface area contributed by atoms with Crippen LogP contribution in [0.4, 0.5) is 0 Å². The summed E-state index contributed by atoms with van der Waals surface area (Å²) < 4.78 is 5.06. The second-order valence-corrected chi connectivity index (χ2v) is 5.57. The molecule has 1 fully saturated rings. The van der Waals surface area contributed by atoms with E-state index in [0.29, 0.717) is 19.0 Å².